The molecule has 3 aliphatic rings. The number of nitrogens with one attached hydrogen (secondary N) is 1. The summed E-state index contributed by atoms with van der Waals surface area (Å²) in [4.78, 5) is 15.5. The number of furan rings is 1. The van der Waals surface area contributed by atoms with Gasteiger partial charge in [-0.3, -0.25) is 4.79 Å². The molecule has 0 spiro atoms. The van der Waals surface area contributed by atoms with E-state index in [2.05, 4.69) is 10.3 Å². The first-order valence-corrected chi connectivity index (χ1v) is 6.57. The number of fused-ring (bicyclic) bond motifs is 1. The van der Waals surface area contributed by atoms with Gasteiger partial charge in [0.15, 0.2) is 17.0 Å². The normalized spacial score (nSPS) is 22.2. The van der Waals surface area contributed by atoms with Gasteiger partial charge < -0.3 is 24.4 Å². The van der Waals surface area contributed by atoms with Crippen molar-refractivity contribution < 1.29 is 18.2 Å². The van der Waals surface area contributed by atoms with E-state index >= 15 is 0 Å². The number of anilines is 1. The molecule has 2 aromatic heterocycles. The second kappa shape index (κ2) is 2.31. The number of carbonyl (C=O) groups excluding carboxylic acids is 1. The van der Waals surface area contributed by atoms with E-state index in [0.717, 1.165) is 5.30 Å². The molecule has 86 valence electrons. The summed E-state index contributed by atoms with van der Waals surface area (Å²) >= 11 is 0. The third-order valence-electron chi connectivity index (χ3n) is 2.95. The molecular formula is C9H6N3O4P. The fraction of sp³-hybridized carbons (Fsp3) is 0.111. The molecular weight excluding hydrogens is 245 g/mol. The van der Waals surface area contributed by atoms with Crippen LogP contribution in [0.15, 0.2) is 8.83 Å². The van der Waals surface area contributed by atoms with Crippen molar-refractivity contribution in [2.24, 2.45) is 0 Å². The Kier molecular flexibility index (Phi) is 1.23. The van der Waals surface area contributed by atoms with Gasteiger partial charge >= 0.3 is 0 Å². The van der Waals surface area contributed by atoms with Crippen LogP contribution >= 0.6 is 7.14 Å². The third kappa shape index (κ3) is 0.805. The molecule has 0 saturated carbocycles. The quantitative estimate of drug-likeness (QED) is 0.448. The molecule has 3 aliphatic heterocycles. The molecule has 0 radical (unpaired) electrons. The highest BCUT2D eigenvalue weighted by molar-refractivity contribution is 8.06. The Bertz CT molecular complexity index is 748. The summed E-state index contributed by atoms with van der Waals surface area (Å²) in [7, 11) is -0.860. The molecule has 0 aliphatic carbocycles. The van der Waals surface area contributed by atoms with E-state index in [1.54, 1.807) is 0 Å². The van der Waals surface area contributed by atoms with E-state index in [1.165, 1.54) is 7.05 Å². The topological polar surface area (TPSA) is 111 Å². The van der Waals surface area contributed by atoms with Crippen molar-refractivity contribution in [3.63, 3.8) is 0 Å². The summed E-state index contributed by atoms with van der Waals surface area (Å²) in [6, 6.07) is -0.123. The van der Waals surface area contributed by atoms with Gasteiger partial charge in [-0.15, -0.1) is 0 Å². The van der Waals surface area contributed by atoms with Crippen LogP contribution in [-0.4, -0.2) is 17.9 Å². The molecule has 17 heavy (non-hydrogen) atoms. The maximum absolute atomic E-state index is 11.8. The van der Waals surface area contributed by atoms with Crippen LogP contribution in [-0.2, 0) is 4.57 Å². The number of carbonyl (C=O) groups is 1. The molecule has 0 saturated heterocycles. The number of nitrogens with zero attached hydrogens (tertiary/aromatic N) is 1. The van der Waals surface area contributed by atoms with Gasteiger partial charge in [-0.2, -0.15) is 4.98 Å². The van der Waals surface area contributed by atoms with E-state index in [0.29, 0.717) is 16.6 Å². The Hall–Kier alpha value is -2.01. The van der Waals surface area contributed by atoms with E-state index in [-0.39, 0.29) is 17.5 Å². The average molecular weight is 251 g/mol. The van der Waals surface area contributed by atoms with Crippen LogP contribution in [0.3, 0.4) is 0 Å². The number of rotatable bonds is 2. The monoisotopic (exact) mass is 251 g/mol. The van der Waals surface area contributed by atoms with Crippen LogP contribution in [0, 0.1) is 0 Å². The zero-order valence-corrected chi connectivity index (χ0v) is 9.50. The van der Waals surface area contributed by atoms with Crippen LogP contribution in [0.1, 0.15) is 10.6 Å². The van der Waals surface area contributed by atoms with E-state index in [9.17, 15) is 9.36 Å². The van der Waals surface area contributed by atoms with Crippen LogP contribution in [0.4, 0.5) is 6.01 Å². The fourth-order valence-corrected chi connectivity index (χ4v) is 4.50. The third-order valence-corrected chi connectivity index (χ3v) is 5.50. The Morgan fingerprint density at radius 1 is 1.41 bits per heavy atom. The Morgan fingerprint density at radius 3 is 2.65 bits per heavy atom. The zero-order valence-electron chi connectivity index (χ0n) is 8.60. The summed E-state index contributed by atoms with van der Waals surface area (Å²) in [5, 5.41) is 3.90. The molecule has 0 aromatic carbocycles. The number of aromatic nitrogens is 1. The van der Waals surface area contributed by atoms with Crippen molar-refractivity contribution in [2.75, 3.05) is 12.8 Å². The Balaban J connectivity index is 1.91. The standard InChI is InChI=1S/C9H6N3O4P/c1-11-7(13)4-2(12-9(10)16-4)3-5-6-8(15-3)17(5,6)14/h1H3,(H2,10,12)(H,11,13). The van der Waals surface area contributed by atoms with Gasteiger partial charge in [0.05, 0.1) is 10.6 Å². The second-order valence-electron chi connectivity index (χ2n) is 3.85. The Labute approximate surface area is 94.4 Å². The lowest BCUT2D eigenvalue weighted by Crippen LogP contribution is -2.18. The van der Waals surface area contributed by atoms with Gasteiger partial charge in [-0.1, -0.05) is 0 Å². The van der Waals surface area contributed by atoms with Crippen molar-refractivity contribution in [3.8, 4) is 11.5 Å². The first-order valence-electron chi connectivity index (χ1n) is 4.86. The molecule has 5 heterocycles. The molecule has 1 unspecified atom stereocenters. The van der Waals surface area contributed by atoms with Gasteiger partial charge in [-0.05, 0) is 0 Å². The maximum Gasteiger partial charge on any atom is 0.293 e. The fourth-order valence-electron chi connectivity index (χ4n) is 2.02. The minimum absolute atomic E-state index is 0.0200. The summed E-state index contributed by atoms with van der Waals surface area (Å²) in [5.41, 5.74) is 6.19. The van der Waals surface area contributed by atoms with Gasteiger partial charge in [-0.25, -0.2) is 0 Å². The largest absolute Gasteiger partial charge is 0.449 e. The number of nitrogen functional groups attached to an aromatic ring is 1. The highest BCUT2D eigenvalue weighted by atomic mass is 31.2. The zero-order chi connectivity index (χ0) is 11.9. The smallest absolute Gasteiger partial charge is 0.293 e. The molecule has 5 rings (SSSR count). The molecule has 1 amide bonds. The number of hydrogen-bond acceptors (Lipinski definition) is 6. The molecule has 7 nitrogen and oxygen atoms in total. The molecule has 0 fully saturated rings. The predicted octanol–water partition coefficient (Wildman–Crippen LogP) is -0.857. The van der Waals surface area contributed by atoms with Crippen LogP contribution < -0.4 is 27.2 Å². The van der Waals surface area contributed by atoms with Crippen molar-refractivity contribution in [2.45, 2.75) is 0 Å². The molecule has 2 aromatic rings. The van der Waals surface area contributed by atoms with E-state index in [1.807, 2.05) is 0 Å². The second-order valence-corrected chi connectivity index (χ2v) is 6.37. The molecule has 8 heteroatoms. The van der Waals surface area contributed by atoms with E-state index < -0.39 is 13.0 Å². The maximum atomic E-state index is 11.8. The van der Waals surface area contributed by atoms with Crippen molar-refractivity contribution in [3.05, 3.63) is 5.76 Å². The lowest BCUT2D eigenvalue weighted by atomic mass is 10.2. The minimum atomic E-state index is -2.33. The van der Waals surface area contributed by atoms with Crippen molar-refractivity contribution in [1.82, 2.24) is 10.3 Å². The summed E-state index contributed by atoms with van der Waals surface area (Å²) in [5.74, 6) is -0.112. The lowest BCUT2D eigenvalue weighted by Gasteiger charge is -1.95. The minimum Gasteiger partial charge on any atom is -0.449 e. The molecule has 2 bridgehead atoms. The van der Waals surface area contributed by atoms with Crippen LogP contribution in [0.5, 0.6) is 0 Å². The van der Waals surface area contributed by atoms with Gasteiger partial charge in [0.2, 0.25) is 12.9 Å². The number of oxazole rings is 1. The summed E-state index contributed by atoms with van der Waals surface area (Å²) in [6.07, 6.45) is 0. The summed E-state index contributed by atoms with van der Waals surface area (Å²) in [6.45, 7) is 0. The first kappa shape index (κ1) is 9.07. The predicted molar refractivity (Wildman–Crippen MR) is 58.5 cm³/mol. The van der Waals surface area contributed by atoms with E-state index in [4.69, 9.17) is 14.6 Å². The lowest BCUT2D eigenvalue weighted by molar-refractivity contribution is 0.0937. The van der Waals surface area contributed by atoms with Crippen molar-refractivity contribution >= 4 is 35.2 Å². The first-order chi connectivity index (χ1) is 8.09. The molecule has 1 atom stereocenters. The van der Waals surface area contributed by atoms with Gasteiger partial charge in [0.25, 0.3) is 11.9 Å². The molecule has 3 N–H and O–H groups in total. The number of nitrogens with two attached hydrogens (primary N) is 1. The van der Waals surface area contributed by atoms with Crippen LogP contribution in [0.25, 0.3) is 11.5 Å². The Morgan fingerprint density at radius 2 is 2.12 bits per heavy atom. The van der Waals surface area contributed by atoms with Gasteiger partial charge in [0, 0.05) is 7.05 Å². The van der Waals surface area contributed by atoms with Crippen LogP contribution in [0.2, 0.25) is 0 Å². The SMILES string of the molecule is CNC(=O)c1oc(N)nc1-c1oc2c3c1P23=O. The van der Waals surface area contributed by atoms with Crippen molar-refractivity contribution in [1.29, 1.82) is 0 Å². The van der Waals surface area contributed by atoms with Gasteiger partial charge in [0.1, 0.15) is 0 Å². The summed E-state index contributed by atoms with van der Waals surface area (Å²) < 4.78 is 22.2. The average Bonchev–Trinajstić information content (AvgIpc) is 2.89. The highest BCUT2D eigenvalue weighted by Gasteiger charge is 2.75. The number of amides is 1. The highest BCUT2D eigenvalue weighted by Crippen LogP contribution is 2.70. The number of hydrogen-bond donors (Lipinski definition) is 2.